The third-order valence-corrected chi connectivity index (χ3v) is 5.57. The fraction of sp³-hybridized carbons (Fsp3) is 0.227. The smallest absolute Gasteiger partial charge is 0.335 e. The average molecular weight is 386 g/mol. The second-order valence-electron chi connectivity index (χ2n) is 7.34. The zero-order valence-electron chi connectivity index (χ0n) is 16.0. The SMILES string of the molecule is Nc1ccnc(N2CCC(n3c(=O)n(-c4ccccc4)c4cccnc43)CC2)c1. The highest BCUT2D eigenvalue weighted by Gasteiger charge is 2.26. The summed E-state index contributed by atoms with van der Waals surface area (Å²) in [4.78, 5) is 24.6. The maximum absolute atomic E-state index is 13.4. The summed E-state index contributed by atoms with van der Waals surface area (Å²) in [6.07, 6.45) is 5.18. The molecule has 0 atom stereocenters. The second-order valence-corrected chi connectivity index (χ2v) is 7.34. The Hall–Kier alpha value is -3.61. The number of nitrogen functional groups attached to an aromatic ring is 1. The van der Waals surface area contributed by atoms with Crippen molar-refractivity contribution < 1.29 is 0 Å². The Kier molecular flexibility index (Phi) is 4.27. The van der Waals surface area contributed by atoms with Gasteiger partial charge in [-0.15, -0.1) is 0 Å². The number of imidazole rings is 1. The lowest BCUT2D eigenvalue weighted by Crippen LogP contribution is -2.38. The molecule has 29 heavy (non-hydrogen) atoms. The van der Waals surface area contributed by atoms with Crippen molar-refractivity contribution in [3.05, 3.63) is 77.5 Å². The van der Waals surface area contributed by atoms with Gasteiger partial charge in [0.15, 0.2) is 5.65 Å². The lowest BCUT2D eigenvalue weighted by Gasteiger charge is -2.33. The third-order valence-electron chi connectivity index (χ3n) is 5.57. The van der Waals surface area contributed by atoms with Gasteiger partial charge in [0.25, 0.3) is 0 Å². The number of nitrogens with two attached hydrogens (primary N) is 1. The van der Waals surface area contributed by atoms with E-state index in [4.69, 9.17) is 5.73 Å². The largest absolute Gasteiger partial charge is 0.399 e. The van der Waals surface area contributed by atoms with E-state index >= 15 is 0 Å². The summed E-state index contributed by atoms with van der Waals surface area (Å²) in [7, 11) is 0. The first kappa shape index (κ1) is 17.5. The summed E-state index contributed by atoms with van der Waals surface area (Å²) >= 11 is 0. The summed E-state index contributed by atoms with van der Waals surface area (Å²) in [5.41, 5.74) is 9.01. The summed E-state index contributed by atoms with van der Waals surface area (Å²) in [6, 6.07) is 17.4. The van der Waals surface area contributed by atoms with E-state index in [2.05, 4.69) is 14.9 Å². The van der Waals surface area contributed by atoms with E-state index in [9.17, 15) is 4.79 Å². The van der Waals surface area contributed by atoms with Gasteiger partial charge in [0.05, 0.1) is 11.2 Å². The maximum atomic E-state index is 13.4. The zero-order valence-corrected chi connectivity index (χ0v) is 16.0. The fourth-order valence-corrected chi connectivity index (χ4v) is 4.17. The zero-order chi connectivity index (χ0) is 19.8. The number of anilines is 2. The Bertz CT molecular complexity index is 1200. The van der Waals surface area contributed by atoms with Gasteiger partial charge < -0.3 is 10.6 Å². The predicted octanol–water partition coefficient (Wildman–Crippen LogP) is 3.01. The van der Waals surface area contributed by atoms with Crippen LogP contribution in [-0.2, 0) is 0 Å². The fourth-order valence-electron chi connectivity index (χ4n) is 4.17. The van der Waals surface area contributed by atoms with E-state index in [-0.39, 0.29) is 11.7 Å². The lowest BCUT2D eigenvalue weighted by atomic mass is 10.0. The van der Waals surface area contributed by atoms with Gasteiger partial charge in [0.1, 0.15) is 5.82 Å². The Morgan fingerprint density at radius 3 is 2.48 bits per heavy atom. The van der Waals surface area contributed by atoms with Gasteiger partial charge in [-0.25, -0.2) is 14.8 Å². The van der Waals surface area contributed by atoms with Gasteiger partial charge >= 0.3 is 5.69 Å². The molecule has 0 bridgehead atoms. The number of hydrogen-bond acceptors (Lipinski definition) is 5. The summed E-state index contributed by atoms with van der Waals surface area (Å²) < 4.78 is 3.63. The van der Waals surface area contributed by atoms with E-state index in [0.29, 0.717) is 5.69 Å². The van der Waals surface area contributed by atoms with E-state index in [0.717, 1.165) is 48.6 Å². The maximum Gasteiger partial charge on any atom is 0.335 e. The van der Waals surface area contributed by atoms with Crippen molar-refractivity contribution in [1.29, 1.82) is 0 Å². The Morgan fingerprint density at radius 1 is 0.931 bits per heavy atom. The quantitative estimate of drug-likeness (QED) is 0.585. The van der Waals surface area contributed by atoms with Crippen molar-refractivity contribution in [2.24, 2.45) is 0 Å². The molecule has 0 radical (unpaired) electrons. The molecule has 1 fully saturated rings. The van der Waals surface area contributed by atoms with Crippen LogP contribution < -0.4 is 16.3 Å². The molecule has 5 rings (SSSR count). The van der Waals surface area contributed by atoms with Gasteiger partial charge in [0.2, 0.25) is 0 Å². The number of benzene rings is 1. The molecular weight excluding hydrogens is 364 g/mol. The number of pyridine rings is 2. The van der Waals surface area contributed by atoms with Crippen molar-refractivity contribution >= 4 is 22.7 Å². The van der Waals surface area contributed by atoms with E-state index in [1.165, 1.54) is 0 Å². The number of aromatic nitrogens is 4. The van der Waals surface area contributed by atoms with Gasteiger partial charge in [-0.2, -0.15) is 0 Å². The molecule has 7 heteroatoms. The van der Waals surface area contributed by atoms with Crippen molar-refractivity contribution in [3.63, 3.8) is 0 Å². The van der Waals surface area contributed by atoms with Crippen LogP contribution in [0.25, 0.3) is 16.9 Å². The molecule has 0 amide bonds. The first-order valence-corrected chi connectivity index (χ1v) is 9.82. The summed E-state index contributed by atoms with van der Waals surface area (Å²) in [6.45, 7) is 1.64. The summed E-state index contributed by atoms with van der Waals surface area (Å²) in [5.74, 6) is 0.889. The number of hydrogen-bond donors (Lipinski definition) is 1. The Morgan fingerprint density at radius 2 is 1.72 bits per heavy atom. The van der Waals surface area contributed by atoms with Crippen molar-refractivity contribution in [1.82, 2.24) is 19.1 Å². The monoisotopic (exact) mass is 386 g/mol. The average Bonchev–Trinajstić information content (AvgIpc) is 3.06. The van der Waals surface area contributed by atoms with Crippen LogP contribution in [0.15, 0.2) is 71.8 Å². The molecule has 146 valence electrons. The highest BCUT2D eigenvalue weighted by molar-refractivity contribution is 5.74. The molecule has 0 unspecified atom stereocenters. The topological polar surface area (TPSA) is 82.0 Å². The van der Waals surface area contributed by atoms with Gasteiger partial charge in [0, 0.05) is 43.3 Å². The van der Waals surface area contributed by atoms with Crippen LogP contribution >= 0.6 is 0 Å². The normalized spacial score (nSPS) is 15.1. The highest BCUT2D eigenvalue weighted by atomic mass is 16.1. The molecule has 0 aliphatic carbocycles. The number of piperidine rings is 1. The minimum absolute atomic E-state index is 0.0366. The van der Waals surface area contributed by atoms with E-state index < -0.39 is 0 Å². The molecular formula is C22H22N6O. The predicted molar refractivity (Wildman–Crippen MR) is 114 cm³/mol. The highest BCUT2D eigenvalue weighted by Crippen LogP contribution is 2.28. The standard InChI is InChI=1S/C22H22N6O/c23-16-8-12-24-20(15-16)26-13-9-18(10-14-26)28-21-19(7-4-11-25-21)27(22(28)29)17-5-2-1-3-6-17/h1-8,11-12,15,18H,9-10,13-14H2,(H2,23,24). The summed E-state index contributed by atoms with van der Waals surface area (Å²) in [5, 5.41) is 0. The van der Waals surface area contributed by atoms with Gasteiger partial charge in [-0.3, -0.25) is 9.13 Å². The van der Waals surface area contributed by atoms with Crippen LogP contribution in [0.5, 0.6) is 0 Å². The lowest BCUT2D eigenvalue weighted by molar-refractivity contribution is 0.392. The molecule has 1 aliphatic rings. The van der Waals surface area contributed by atoms with Crippen LogP contribution in [0.3, 0.4) is 0 Å². The Labute approximate surface area is 168 Å². The van der Waals surface area contributed by atoms with Crippen LogP contribution in [-0.4, -0.2) is 32.2 Å². The molecule has 3 aromatic heterocycles. The van der Waals surface area contributed by atoms with Gasteiger partial charge in [-0.05, 0) is 43.2 Å². The minimum Gasteiger partial charge on any atom is -0.399 e. The molecule has 1 saturated heterocycles. The van der Waals surface area contributed by atoms with E-state index in [1.807, 2.05) is 53.1 Å². The molecule has 4 aromatic rings. The van der Waals surface area contributed by atoms with Crippen molar-refractivity contribution in [2.45, 2.75) is 18.9 Å². The first-order valence-electron chi connectivity index (χ1n) is 9.82. The minimum atomic E-state index is -0.0366. The Balaban J connectivity index is 1.50. The van der Waals surface area contributed by atoms with Crippen LogP contribution in [0.1, 0.15) is 18.9 Å². The number of rotatable bonds is 3. The number of fused-ring (bicyclic) bond motifs is 1. The molecule has 0 spiro atoms. The molecule has 1 aliphatic heterocycles. The van der Waals surface area contributed by atoms with Crippen molar-refractivity contribution in [3.8, 4) is 5.69 Å². The second kappa shape index (κ2) is 7.09. The molecule has 4 heterocycles. The molecule has 2 N–H and O–H groups in total. The van der Waals surface area contributed by atoms with Crippen LogP contribution in [0.2, 0.25) is 0 Å². The molecule has 1 aromatic carbocycles. The molecule has 0 saturated carbocycles. The first-order chi connectivity index (χ1) is 14.2. The van der Waals surface area contributed by atoms with Crippen molar-refractivity contribution in [2.75, 3.05) is 23.7 Å². The van der Waals surface area contributed by atoms with Gasteiger partial charge in [-0.1, -0.05) is 18.2 Å². The van der Waals surface area contributed by atoms with Crippen LogP contribution in [0.4, 0.5) is 11.5 Å². The van der Waals surface area contributed by atoms with Crippen LogP contribution in [0, 0.1) is 0 Å². The number of nitrogens with zero attached hydrogens (tertiary/aromatic N) is 5. The third kappa shape index (κ3) is 3.04. The van der Waals surface area contributed by atoms with E-state index in [1.54, 1.807) is 23.0 Å². The molecule has 7 nitrogen and oxygen atoms in total. The number of para-hydroxylation sites is 1.